The fraction of sp³-hybridized carbons (Fsp3) is 0.556. The first-order chi connectivity index (χ1) is 12.4. The van der Waals surface area contributed by atoms with E-state index in [2.05, 4.69) is 9.89 Å². The summed E-state index contributed by atoms with van der Waals surface area (Å²) in [6.45, 7) is 0.991. The van der Waals surface area contributed by atoms with Crippen molar-refractivity contribution in [2.75, 3.05) is 13.7 Å². The molecular weight excluding hydrogens is 346 g/mol. The lowest BCUT2D eigenvalue weighted by atomic mass is 9.97. The van der Waals surface area contributed by atoms with Gasteiger partial charge in [0.05, 0.1) is 13.3 Å². The minimum Gasteiger partial charge on any atom is -0.493 e. The predicted octanol–water partition coefficient (Wildman–Crippen LogP) is 3.44. The minimum absolute atomic E-state index is 0.0659. The van der Waals surface area contributed by atoms with Crippen LogP contribution in [0.4, 0.5) is 8.78 Å². The van der Waals surface area contributed by atoms with E-state index < -0.39 is 6.61 Å². The van der Waals surface area contributed by atoms with Crippen molar-refractivity contribution in [3.05, 3.63) is 23.8 Å². The number of carbonyl (C=O) groups is 1. The van der Waals surface area contributed by atoms with Gasteiger partial charge in [-0.2, -0.15) is 8.78 Å². The van der Waals surface area contributed by atoms with Gasteiger partial charge in [-0.3, -0.25) is 4.79 Å². The zero-order valence-corrected chi connectivity index (χ0v) is 15.2. The summed E-state index contributed by atoms with van der Waals surface area (Å²) in [6, 6.07) is 4.77. The van der Waals surface area contributed by atoms with Crippen molar-refractivity contribution in [2.24, 2.45) is 5.16 Å². The highest BCUT2D eigenvalue weighted by molar-refractivity contribution is 5.81. The highest BCUT2D eigenvalue weighted by Gasteiger charge is 2.28. The second-order valence-electron chi connectivity index (χ2n) is 6.23. The summed E-state index contributed by atoms with van der Waals surface area (Å²) in [5, 5.41) is 3.78. The molecule has 0 N–H and O–H groups in total. The highest BCUT2D eigenvalue weighted by Crippen LogP contribution is 2.29. The normalized spacial score (nSPS) is 20.5. The first-order valence-corrected chi connectivity index (χ1v) is 8.51. The molecule has 6 nitrogen and oxygen atoms in total. The molecule has 0 saturated carbocycles. The largest absolute Gasteiger partial charge is 0.493 e. The molecule has 2 rings (SSSR count). The smallest absolute Gasteiger partial charge is 0.387 e. The summed E-state index contributed by atoms with van der Waals surface area (Å²) in [4.78, 5) is 19.2. The van der Waals surface area contributed by atoms with Crippen LogP contribution in [0.1, 0.15) is 38.7 Å². The summed E-state index contributed by atoms with van der Waals surface area (Å²) >= 11 is 0. The van der Waals surface area contributed by atoms with Crippen molar-refractivity contribution in [1.82, 2.24) is 4.90 Å². The minimum atomic E-state index is -2.93. The van der Waals surface area contributed by atoms with Gasteiger partial charge in [0.25, 0.3) is 5.91 Å². The van der Waals surface area contributed by atoms with Crippen molar-refractivity contribution < 1.29 is 27.9 Å². The van der Waals surface area contributed by atoms with E-state index in [4.69, 9.17) is 9.57 Å². The number of alkyl halides is 2. The number of oxime groups is 1. The summed E-state index contributed by atoms with van der Waals surface area (Å²) in [5.74, 6) is -0.00905. The number of amides is 1. The maximum atomic E-state index is 12.3. The Morgan fingerprint density at radius 1 is 1.31 bits per heavy atom. The zero-order valence-electron chi connectivity index (χ0n) is 15.2. The molecule has 8 heteroatoms. The predicted molar refractivity (Wildman–Crippen MR) is 92.8 cm³/mol. The second kappa shape index (κ2) is 9.35. The Morgan fingerprint density at radius 3 is 2.62 bits per heavy atom. The molecule has 2 unspecified atom stereocenters. The quantitative estimate of drug-likeness (QED) is 0.545. The Balaban J connectivity index is 1.91. The van der Waals surface area contributed by atoms with E-state index in [1.807, 2.05) is 18.7 Å². The van der Waals surface area contributed by atoms with Gasteiger partial charge in [0.15, 0.2) is 18.1 Å². The Bertz CT molecular complexity index is 630. The molecule has 1 heterocycles. The number of benzene rings is 1. The van der Waals surface area contributed by atoms with Gasteiger partial charge in [-0.15, -0.1) is 0 Å². The standard InChI is InChI=1S/C18H24F2N2O4/c1-12-5-4-6-13(2)22(12)17(23)11-25-21-10-14-7-8-15(26-18(19)20)16(9-14)24-3/h7-10,12-13,18H,4-6,11H2,1-3H3. The summed E-state index contributed by atoms with van der Waals surface area (Å²) in [6.07, 6.45) is 4.49. The number of hydrogen-bond donors (Lipinski definition) is 0. The van der Waals surface area contributed by atoms with Gasteiger partial charge in [0.1, 0.15) is 0 Å². The number of piperidine rings is 1. The molecule has 0 aromatic heterocycles. The van der Waals surface area contributed by atoms with Gasteiger partial charge in [0, 0.05) is 17.6 Å². The summed E-state index contributed by atoms with van der Waals surface area (Å²) < 4.78 is 34.0. The molecule has 26 heavy (non-hydrogen) atoms. The topological polar surface area (TPSA) is 60.4 Å². The van der Waals surface area contributed by atoms with Crippen LogP contribution in [0.15, 0.2) is 23.4 Å². The van der Waals surface area contributed by atoms with E-state index >= 15 is 0 Å². The van der Waals surface area contributed by atoms with Crippen molar-refractivity contribution in [1.29, 1.82) is 0 Å². The number of halogens is 2. The Hall–Kier alpha value is -2.38. The van der Waals surface area contributed by atoms with Crippen molar-refractivity contribution in [2.45, 2.75) is 51.8 Å². The number of likely N-dealkylation sites (tertiary alicyclic amines) is 1. The van der Waals surface area contributed by atoms with Crippen LogP contribution < -0.4 is 9.47 Å². The van der Waals surface area contributed by atoms with Gasteiger partial charge in [-0.25, -0.2) is 0 Å². The second-order valence-corrected chi connectivity index (χ2v) is 6.23. The van der Waals surface area contributed by atoms with E-state index in [-0.39, 0.29) is 36.1 Å². The molecule has 1 aromatic carbocycles. The monoisotopic (exact) mass is 370 g/mol. The maximum absolute atomic E-state index is 12.3. The average molecular weight is 370 g/mol. The van der Waals surface area contributed by atoms with E-state index in [0.29, 0.717) is 5.56 Å². The van der Waals surface area contributed by atoms with Crippen LogP contribution >= 0.6 is 0 Å². The summed E-state index contributed by atoms with van der Waals surface area (Å²) in [7, 11) is 1.35. The van der Waals surface area contributed by atoms with Gasteiger partial charge >= 0.3 is 6.61 Å². The Kier molecular flexibility index (Phi) is 7.17. The summed E-state index contributed by atoms with van der Waals surface area (Å²) in [5.41, 5.74) is 0.565. The number of ether oxygens (including phenoxy) is 2. The first kappa shape index (κ1) is 19.9. The van der Waals surface area contributed by atoms with Crippen LogP contribution in [0.25, 0.3) is 0 Å². The van der Waals surface area contributed by atoms with Gasteiger partial charge < -0.3 is 19.2 Å². The highest BCUT2D eigenvalue weighted by atomic mass is 19.3. The molecule has 0 radical (unpaired) electrons. The van der Waals surface area contributed by atoms with Crippen LogP contribution in [-0.2, 0) is 9.63 Å². The molecule has 0 aliphatic carbocycles. The van der Waals surface area contributed by atoms with Crippen molar-refractivity contribution in [3.63, 3.8) is 0 Å². The van der Waals surface area contributed by atoms with E-state index in [1.54, 1.807) is 0 Å². The molecule has 1 fully saturated rings. The average Bonchev–Trinajstić information content (AvgIpc) is 2.59. The van der Waals surface area contributed by atoms with Crippen LogP contribution in [0.2, 0.25) is 0 Å². The number of carbonyl (C=O) groups excluding carboxylic acids is 1. The zero-order chi connectivity index (χ0) is 19.1. The van der Waals surface area contributed by atoms with Crippen molar-refractivity contribution >= 4 is 12.1 Å². The van der Waals surface area contributed by atoms with Crippen LogP contribution in [0.5, 0.6) is 11.5 Å². The van der Waals surface area contributed by atoms with E-state index in [9.17, 15) is 13.6 Å². The number of rotatable bonds is 7. The first-order valence-electron chi connectivity index (χ1n) is 8.51. The van der Waals surface area contributed by atoms with Crippen LogP contribution in [-0.4, -0.2) is 49.4 Å². The Labute approximate surface area is 151 Å². The third kappa shape index (κ3) is 5.31. The molecule has 0 bridgehead atoms. The molecule has 0 spiro atoms. The maximum Gasteiger partial charge on any atom is 0.387 e. The van der Waals surface area contributed by atoms with Gasteiger partial charge in [-0.05, 0) is 51.3 Å². The number of methoxy groups -OCH3 is 1. The molecule has 1 aliphatic rings. The lowest BCUT2D eigenvalue weighted by Crippen LogP contribution is -2.48. The fourth-order valence-electron chi connectivity index (χ4n) is 3.14. The molecule has 2 atom stereocenters. The third-order valence-electron chi connectivity index (χ3n) is 4.35. The number of hydrogen-bond acceptors (Lipinski definition) is 5. The number of nitrogens with zero attached hydrogens (tertiary/aromatic N) is 2. The molecule has 1 amide bonds. The molecule has 1 aliphatic heterocycles. The molecule has 1 saturated heterocycles. The van der Waals surface area contributed by atoms with Crippen LogP contribution in [0.3, 0.4) is 0 Å². The molecular formula is C18H24F2N2O4. The SMILES string of the molecule is COc1cc(C=NOCC(=O)N2C(C)CCCC2C)ccc1OC(F)F. The van der Waals surface area contributed by atoms with Crippen LogP contribution in [0, 0.1) is 0 Å². The third-order valence-corrected chi connectivity index (χ3v) is 4.35. The van der Waals surface area contributed by atoms with Crippen molar-refractivity contribution in [3.8, 4) is 11.5 Å². The molecule has 144 valence electrons. The van der Waals surface area contributed by atoms with Gasteiger partial charge in [0.2, 0.25) is 0 Å². The van der Waals surface area contributed by atoms with Gasteiger partial charge in [-0.1, -0.05) is 5.16 Å². The van der Waals surface area contributed by atoms with E-state index in [1.165, 1.54) is 31.5 Å². The molecule has 1 aromatic rings. The lowest BCUT2D eigenvalue weighted by molar-refractivity contribution is -0.142. The lowest BCUT2D eigenvalue weighted by Gasteiger charge is -2.38. The fourth-order valence-corrected chi connectivity index (χ4v) is 3.14. The Morgan fingerprint density at radius 2 is 2.00 bits per heavy atom. The van der Waals surface area contributed by atoms with E-state index in [0.717, 1.165) is 19.3 Å².